The van der Waals surface area contributed by atoms with Crippen LogP contribution in [0.3, 0.4) is 0 Å². The third-order valence-corrected chi connectivity index (χ3v) is 5.29. The number of nitrogens with one attached hydrogen (secondary N) is 1. The van der Waals surface area contributed by atoms with Gasteiger partial charge in [0.1, 0.15) is 23.7 Å². The third kappa shape index (κ3) is 4.69. The molecule has 2 N–H and O–H groups in total. The highest BCUT2D eigenvalue weighted by atomic mass is 32.1. The highest BCUT2D eigenvalue weighted by molar-refractivity contribution is 7.80. The van der Waals surface area contributed by atoms with E-state index in [0.717, 1.165) is 10.5 Å². The van der Waals surface area contributed by atoms with Crippen LogP contribution in [-0.4, -0.2) is 28.0 Å². The minimum atomic E-state index is -1.02. The van der Waals surface area contributed by atoms with Gasteiger partial charge in [0.2, 0.25) is 0 Å². The van der Waals surface area contributed by atoms with Crippen molar-refractivity contribution in [1.82, 2.24) is 5.32 Å². The maximum Gasteiger partial charge on any atom is 0.335 e. The van der Waals surface area contributed by atoms with Crippen molar-refractivity contribution in [3.8, 4) is 5.75 Å². The van der Waals surface area contributed by atoms with E-state index in [2.05, 4.69) is 5.32 Å². The lowest BCUT2D eigenvalue weighted by atomic mass is 10.1. The SMILES string of the molecule is O=C1NC(=S)N(c2ccccc2F)C(=O)C1=Cc1ccccc1OCc1ccc(C(=O)O)cc1. The predicted octanol–water partition coefficient (Wildman–Crippen LogP) is 3.93. The average Bonchev–Trinajstić information content (AvgIpc) is 2.82. The molecule has 0 aromatic heterocycles. The van der Waals surface area contributed by atoms with Gasteiger partial charge in [-0.2, -0.15) is 0 Å². The molecule has 0 atom stereocenters. The van der Waals surface area contributed by atoms with Gasteiger partial charge >= 0.3 is 5.97 Å². The van der Waals surface area contributed by atoms with Crippen molar-refractivity contribution in [3.63, 3.8) is 0 Å². The number of hydrogen-bond donors (Lipinski definition) is 2. The van der Waals surface area contributed by atoms with E-state index < -0.39 is 23.6 Å². The molecule has 1 aliphatic heterocycles. The minimum Gasteiger partial charge on any atom is -0.488 e. The van der Waals surface area contributed by atoms with Crippen LogP contribution in [0.2, 0.25) is 0 Å². The first-order chi connectivity index (χ1) is 16.3. The van der Waals surface area contributed by atoms with E-state index in [4.69, 9.17) is 22.1 Å². The van der Waals surface area contributed by atoms with Crippen molar-refractivity contribution in [2.75, 3.05) is 4.90 Å². The summed E-state index contributed by atoms with van der Waals surface area (Å²) in [6, 6.07) is 18.6. The zero-order chi connectivity index (χ0) is 24.2. The Morgan fingerprint density at radius 3 is 2.41 bits per heavy atom. The van der Waals surface area contributed by atoms with Crippen molar-refractivity contribution < 1.29 is 28.6 Å². The third-order valence-electron chi connectivity index (χ3n) is 5.01. The zero-order valence-electron chi connectivity index (χ0n) is 17.5. The van der Waals surface area contributed by atoms with Gasteiger partial charge < -0.3 is 9.84 Å². The van der Waals surface area contributed by atoms with Crippen molar-refractivity contribution in [1.29, 1.82) is 0 Å². The number of ether oxygens (including phenoxy) is 1. The number of nitrogens with zero attached hydrogens (tertiary/aromatic N) is 1. The number of amides is 2. The molecule has 3 aromatic rings. The number of para-hydroxylation sites is 2. The molecule has 4 rings (SSSR count). The molecule has 1 aliphatic rings. The van der Waals surface area contributed by atoms with Gasteiger partial charge in [-0.3, -0.25) is 14.9 Å². The Labute approximate surface area is 199 Å². The van der Waals surface area contributed by atoms with Gasteiger partial charge in [0.25, 0.3) is 11.8 Å². The van der Waals surface area contributed by atoms with E-state index in [1.165, 1.54) is 36.4 Å². The lowest BCUT2D eigenvalue weighted by Crippen LogP contribution is -2.54. The van der Waals surface area contributed by atoms with Crippen molar-refractivity contribution >= 4 is 46.9 Å². The molecule has 1 heterocycles. The molecular weight excluding hydrogens is 459 g/mol. The molecule has 0 bridgehead atoms. The van der Waals surface area contributed by atoms with E-state index in [9.17, 15) is 18.8 Å². The van der Waals surface area contributed by atoms with Crippen LogP contribution in [0, 0.1) is 5.82 Å². The highest BCUT2D eigenvalue weighted by Gasteiger charge is 2.35. The lowest BCUT2D eigenvalue weighted by molar-refractivity contribution is -0.122. The number of thiocarbonyl (C=S) groups is 1. The van der Waals surface area contributed by atoms with E-state index in [0.29, 0.717) is 11.3 Å². The summed E-state index contributed by atoms with van der Waals surface area (Å²) in [5.41, 5.74) is 1.03. The molecule has 3 aromatic carbocycles. The monoisotopic (exact) mass is 476 g/mol. The van der Waals surface area contributed by atoms with Crippen LogP contribution in [0.1, 0.15) is 21.5 Å². The van der Waals surface area contributed by atoms with Gasteiger partial charge in [-0.25, -0.2) is 14.1 Å². The summed E-state index contributed by atoms with van der Waals surface area (Å²) in [6.07, 6.45) is 1.36. The fourth-order valence-electron chi connectivity index (χ4n) is 3.30. The molecule has 7 nitrogen and oxygen atoms in total. The normalized spacial score (nSPS) is 14.8. The van der Waals surface area contributed by atoms with Gasteiger partial charge in [0, 0.05) is 5.56 Å². The maximum atomic E-state index is 14.3. The molecule has 0 aliphatic carbocycles. The number of aromatic carboxylic acids is 1. The summed E-state index contributed by atoms with van der Waals surface area (Å²) in [5, 5.41) is 11.2. The molecule has 170 valence electrons. The van der Waals surface area contributed by atoms with Crippen LogP contribution in [0.5, 0.6) is 5.75 Å². The van der Waals surface area contributed by atoms with Crippen molar-refractivity contribution in [2.45, 2.75) is 6.61 Å². The Bertz CT molecular complexity index is 1340. The second-order valence-corrected chi connectivity index (χ2v) is 7.62. The number of benzene rings is 3. The largest absolute Gasteiger partial charge is 0.488 e. The second kappa shape index (κ2) is 9.63. The smallest absolute Gasteiger partial charge is 0.335 e. The second-order valence-electron chi connectivity index (χ2n) is 7.24. The number of carbonyl (C=O) groups excluding carboxylic acids is 2. The first-order valence-electron chi connectivity index (χ1n) is 10.0. The summed E-state index contributed by atoms with van der Waals surface area (Å²) >= 11 is 5.11. The molecule has 34 heavy (non-hydrogen) atoms. The van der Waals surface area contributed by atoms with Crippen LogP contribution < -0.4 is 15.0 Å². The fourth-order valence-corrected chi connectivity index (χ4v) is 3.57. The predicted molar refractivity (Wildman–Crippen MR) is 127 cm³/mol. The number of carbonyl (C=O) groups is 3. The summed E-state index contributed by atoms with van der Waals surface area (Å²) in [5.74, 6) is -2.77. The molecule has 0 radical (unpaired) electrons. The van der Waals surface area contributed by atoms with Gasteiger partial charge in [0.15, 0.2) is 5.11 Å². The van der Waals surface area contributed by atoms with Crippen LogP contribution in [0.25, 0.3) is 6.08 Å². The molecule has 0 unspecified atom stereocenters. The average molecular weight is 476 g/mol. The Morgan fingerprint density at radius 2 is 1.71 bits per heavy atom. The fraction of sp³-hybridized carbons (Fsp3) is 0.0400. The molecule has 1 saturated heterocycles. The zero-order valence-corrected chi connectivity index (χ0v) is 18.3. The van der Waals surface area contributed by atoms with Crippen LogP contribution in [0.4, 0.5) is 10.1 Å². The summed E-state index contributed by atoms with van der Waals surface area (Å²) < 4.78 is 20.2. The molecule has 2 amide bonds. The topological polar surface area (TPSA) is 95.9 Å². The van der Waals surface area contributed by atoms with E-state index in [1.54, 1.807) is 42.5 Å². The number of hydrogen-bond acceptors (Lipinski definition) is 5. The standard InChI is InChI=1S/C25H17FN2O5S/c26-19-6-2-3-7-20(19)28-23(30)18(22(29)27-25(28)34)13-17-5-1-4-8-21(17)33-14-15-9-11-16(12-10-15)24(31)32/h1-13H,14H2,(H,31,32)(H,27,29,34). The Hall–Kier alpha value is -4.37. The molecule has 1 fully saturated rings. The first-order valence-corrected chi connectivity index (χ1v) is 10.5. The Kier molecular flexibility index (Phi) is 6.46. The Morgan fingerprint density at radius 1 is 1.03 bits per heavy atom. The number of halogens is 1. The van der Waals surface area contributed by atoms with Gasteiger partial charge in [-0.15, -0.1) is 0 Å². The Balaban J connectivity index is 1.61. The number of carboxylic acid groups (broad SMARTS) is 1. The van der Waals surface area contributed by atoms with Crippen LogP contribution in [0.15, 0.2) is 78.4 Å². The van der Waals surface area contributed by atoms with Gasteiger partial charge in [-0.1, -0.05) is 42.5 Å². The lowest BCUT2D eigenvalue weighted by Gasteiger charge is -2.29. The molecular formula is C25H17FN2O5S. The maximum absolute atomic E-state index is 14.3. The van der Waals surface area contributed by atoms with Crippen molar-refractivity contribution in [2.24, 2.45) is 0 Å². The quantitative estimate of drug-likeness (QED) is 0.318. The minimum absolute atomic E-state index is 0.0715. The number of anilines is 1. The van der Waals surface area contributed by atoms with E-state index in [1.807, 2.05) is 0 Å². The van der Waals surface area contributed by atoms with Crippen molar-refractivity contribution in [3.05, 3.63) is 101 Å². The van der Waals surface area contributed by atoms with Crippen LogP contribution >= 0.6 is 12.2 Å². The highest BCUT2D eigenvalue weighted by Crippen LogP contribution is 2.27. The number of carboxylic acids is 1. The summed E-state index contributed by atoms with van der Waals surface area (Å²) in [4.78, 5) is 37.6. The van der Waals surface area contributed by atoms with Gasteiger partial charge in [-0.05, 0) is 54.2 Å². The summed E-state index contributed by atoms with van der Waals surface area (Å²) in [7, 11) is 0. The van der Waals surface area contributed by atoms with E-state index >= 15 is 0 Å². The molecule has 0 spiro atoms. The molecule has 0 saturated carbocycles. The first kappa shape index (κ1) is 22.8. The van der Waals surface area contributed by atoms with Crippen LogP contribution in [-0.2, 0) is 16.2 Å². The molecule has 9 heteroatoms. The summed E-state index contributed by atoms with van der Waals surface area (Å²) in [6.45, 7) is 0.131. The number of rotatable bonds is 6. The van der Waals surface area contributed by atoms with Gasteiger partial charge in [0.05, 0.1) is 11.3 Å². The van der Waals surface area contributed by atoms with E-state index in [-0.39, 0.29) is 28.5 Å².